The third-order valence-electron chi connectivity index (χ3n) is 6.39. The van der Waals surface area contributed by atoms with E-state index in [-0.39, 0.29) is 34.1 Å². The van der Waals surface area contributed by atoms with Crippen LogP contribution in [0, 0.1) is 31.6 Å². The molecule has 4 rings (SSSR count). The van der Waals surface area contributed by atoms with Crippen LogP contribution in [0.15, 0.2) is 71.0 Å². The van der Waals surface area contributed by atoms with Gasteiger partial charge in [-0.05, 0) is 42.2 Å². The second-order valence-electron chi connectivity index (χ2n) is 10.4. The molecule has 4 aromatic rings. The van der Waals surface area contributed by atoms with Crippen molar-refractivity contribution >= 4 is 44.6 Å². The number of oxime groups is 2. The summed E-state index contributed by atoms with van der Waals surface area (Å²) in [7, 11) is 0. The van der Waals surface area contributed by atoms with Crippen molar-refractivity contribution in [2.75, 3.05) is 0 Å². The Balaban J connectivity index is 1.94. The van der Waals surface area contributed by atoms with Gasteiger partial charge in [0, 0.05) is 52.2 Å². The van der Waals surface area contributed by atoms with Crippen LogP contribution in [0.1, 0.15) is 39.7 Å². The van der Waals surface area contributed by atoms with Crippen molar-refractivity contribution in [1.29, 1.82) is 0 Å². The lowest BCUT2D eigenvalue weighted by molar-refractivity contribution is -0.385. The molecule has 0 radical (unpaired) electrons. The fraction of sp³-hybridized carbons (Fsp3) is 0.259. The minimum atomic E-state index is -0.484. The summed E-state index contributed by atoms with van der Waals surface area (Å²) < 4.78 is 1.85. The zero-order valence-electron chi connectivity index (χ0n) is 21.3. The van der Waals surface area contributed by atoms with Gasteiger partial charge >= 0.3 is 0 Å². The average molecular weight is 518 g/mol. The second-order valence-corrected chi connectivity index (χ2v) is 10.4. The summed E-state index contributed by atoms with van der Waals surface area (Å²) >= 11 is 0. The number of benzene rings is 3. The molecule has 38 heavy (non-hydrogen) atoms. The molecule has 1 aromatic heterocycles. The van der Waals surface area contributed by atoms with Gasteiger partial charge in [-0.15, -0.1) is 0 Å². The van der Waals surface area contributed by atoms with Gasteiger partial charge in [0.25, 0.3) is 11.4 Å². The lowest BCUT2D eigenvalue weighted by Gasteiger charge is -2.24. The number of hydrogen-bond donors (Lipinski definition) is 2. The third kappa shape index (κ3) is 4.90. The Labute approximate surface area is 217 Å². The Bertz CT molecular complexity index is 1610. The van der Waals surface area contributed by atoms with Gasteiger partial charge in [0.05, 0.1) is 20.9 Å². The maximum atomic E-state index is 11.5. The van der Waals surface area contributed by atoms with E-state index in [2.05, 4.69) is 31.1 Å². The van der Waals surface area contributed by atoms with E-state index in [1.165, 1.54) is 24.3 Å². The van der Waals surface area contributed by atoms with E-state index in [1.807, 2.05) is 11.5 Å². The van der Waals surface area contributed by atoms with Crippen LogP contribution in [-0.4, -0.2) is 36.3 Å². The normalized spacial score (nSPS) is 13.7. The minimum Gasteiger partial charge on any atom is -0.411 e. The Hall–Kier alpha value is -4.80. The first-order valence-corrected chi connectivity index (χ1v) is 11.9. The quantitative estimate of drug-likeness (QED) is 0.120. The zero-order valence-corrected chi connectivity index (χ0v) is 21.3. The highest BCUT2D eigenvalue weighted by atomic mass is 16.6. The predicted molar refractivity (Wildman–Crippen MR) is 145 cm³/mol. The van der Waals surface area contributed by atoms with Crippen LogP contribution >= 0.6 is 0 Å². The molecule has 0 spiro atoms. The highest BCUT2D eigenvalue weighted by molar-refractivity contribution is 6.49. The van der Waals surface area contributed by atoms with Crippen LogP contribution in [0.25, 0.3) is 27.5 Å². The SMILES string of the molecule is CC(CC(C)(C)C)C(=NO)C(=NO)c1ccc2c(c1)c1cc([N+](=O)[O-])ccc1n2-c1ccc([N+](=O)[O-])cc1. The highest BCUT2D eigenvalue weighted by Gasteiger charge is 2.26. The molecular weight excluding hydrogens is 490 g/mol. The predicted octanol–water partition coefficient (Wildman–Crippen LogP) is 6.68. The van der Waals surface area contributed by atoms with Gasteiger partial charge in [-0.2, -0.15) is 0 Å². The molecule has 1 heterocycles. The van der Waals surface area contributed by atoms with E-state index in [4.69, 9.17) is 0 Å². The number of hydrogen-bond acceptors (Lipinski definition) is 8. The number of rotatable bonds is 7. The summed E-state index contributed by atoms with van der Waals surface area (Å²) in [5.74, 6) is -0.232. The smallest absolute Gasteiger partial charge is 0.270 e. The number of nitrogens with zero attached hydrogens (tertiary/aromatic N) is 5. The monoisotopic (exact) mass is 517 g/mol. The van der Waals surface area contributed by atoms with Crippen LogP contribution in [0.5, 0.6) is 0 Å². The number of fused-ring (bicyclic) bond motifs is 3. The standard InChI is InChI=1S/C27H27N5O6/c1-16(15-27(2,3)4)25(28-33)26(29-34)17-5-11-23-21(13-17)22-14-20(32(37)38)10-12-24(22)30(23)18-6-8-19(9-7-18)31(35)36/h5-14,16,33-34H,15H2,1-4H3. The molecule has 0 aliphatic heterocycles. The van der Waals surface area contributed by atoms with Crippen molar-refractivity contribution in [3.63, 3.8) is 0 Å². The topological polar surface area (TPSA) is 156 Å². The van der Waals surface area contributed by atoms with Crippen molar-refractivity contribution in [3.05, 3.63) is 86.5 Å². The maximum absolute atomic E-state index is 11.5. The third-order valence-corrected chi connectivity index (χ3v) is 6.39. The van der Waals surface area contributed by atoms with Crippen molar-refractivity contribution < 1.29 is 20.3 Å². The number of nitro benzene ring substituents is 2. The number of nitro groups is 2. The molecule has 0 saturated heterocycles. The molecule has 3 aromatic carbocycles. The fourth-order valence-electron chi connectivity index (χ4n) is 4.93. The summed E-state index contributed by atoms with van der Waals surface area (Å²) in [6.45, 7) is 8.05. The van der Waals surface area contributed by atoms with E-state index < -0.39 is 9.85 Å². The van der Waals surface area contributed by atoms with E-state index in [1.54, 1.807) is 36.4 Å². The second kappa shape index (κ2) is 9.92. The largest absolute Gasteiger partial charge is 0.411 e. The summed E-state index contributed by atoms with van der Waals surface area (Å²) in [4.78, 5) is 21.7. The van der Waals surface area contributed by atoms with Gasteiger partial charge in [-0.25, -0.2) is 0 Å². The first-order chi connectivity index (χ1) is 17.9. The lowest BCUT2D eigenvalue weighted by Crippen LogP contribution is -2.26. The molecule has 0 saturated carbocycles. The highest BCUT2D eigenvalue weighted by Crippen LogP contribution is 2.36. The zero-order chi connectivity index (χ0) is 27.8. The van der Waals surface area contributed by atoms with E-state index >= 15 is 0 Å². The van der Waals surface area contributed by atoms with Crippen molar-refractivity contribution in [2.45, 2.75) is 34.1 Å². The first kappa shape index (κ1) is 26.3. The molecule has 11 heteroatoms. The maximum Gasteiger partial charge on any atom is 0.270 e. The van der Waals surface area contributed by atoms with E-state index in [0.717, 1.165) is 0 Å². The Morgan fingerprint density at radius 3 is 1.95 bits per heavy atom. The van der Waals surface area contributed by atoms with Crippen molar-refractivity contribution in [1.82, 2.24) is 4.57 Å². The van der Waals surface area contributed by atoms with Gasteiger partial charge in [-0.1, -0.05) is 44.1 Å². The molecule has 11 nitrogen and oxygen atoms in total. The summed E-state index contributed by atoms with van der Waals surface area (Å²) in [5.41, 5.74) is 2.50. The molecule has 0 amide bonds. The van der Waals surface area contributed by atoms with E-state index in [9.17, 15) is 30.6 Å². The van der Waals surface area contributed by atoms with Gasteiger partial charge < -0.3 is 15.0 Å². The van der Waals surface area contributed by atoms with Crippen LogP contribution in [0.4, 0.5) is 11.4 Å². The molecule has 0 bridgehead atoms. The van der Waals surface area contributed by atoms with Crippen LogP contribution in [0.3, 0.4) is 0 Å². The molecule has 0 aliphatic carbocycles. The number of non-ortho nitro benzene ring substituents is 2. The van der Waals surface area contributed by atoms with Crippen LogP contribution in [0.2, 0.25) is 0 Å². The molecule has 0 fully saturated rings. The summed E-state index contributed by atoms with van der Waals surface area (Å²) in [6.07, 6.45) is 0.666. The minimum absolute atomic E-state index is 0.0589. The molecule has 2 N–H and O–H groups in total. The fourth-order valence-corrected chi connectivity index (χ4v) is 4.93. The summed E-state index contributed by atoms with van der Waals surface area (Å²) in [5, 5.41) is 50.5. The van der Waals surface area contributed by atoms with Crippen molar-refractivity contribution in [3.8, 4) is 5.69 Å². The number of aromatic nitrogens is 1. The van der Waals surface area contributed by atoms with Crippen LogP contribution in [-0.2, 0) is 0 Å². The Kier molecular flexibility index (Phi) is 6.86. The van der Waals surface area contributed by atoms with Gasteiger partial charge in [0.1, 0.15) is 11.4 Å². The Morgan fingerprint density at radius 2 is 1.42 bits per heavy atom. The molecule has 1 unspecified atom stereocenters. The van der Waals surface area contributed by atoms with Crippen LogP contribution < -0.4 is 0 Å². The average Bonchev–Trinajstić information content (AvgIpc) is 3.19. The van der Waals surface area contributed by atoms with E-state index in [0.29, 0.717) is 39.5 Å². The van der Waals surface area contributed by atoms with Gasteiger partial charge in [-0.3, -0.25) is 20.2 Å². The van der Waals surface area contributed by atoms with Gasteiger partial charge in [0.15, 0.2) is 0 Å². The lowest BCUT2D eigenvalue weighted by atomic mass is 9.81. The van der Waals surface area contributed by atoms with Crippen molar-refractivity contribution in [2.24, 2.45) is 21.6 Å². The van der Waals surface area contributed by atoms with Gasteiger partial charge in [0.2, 0.25) is 0 Å². The summed E-state index contributed by atoms with van der Waals surface area (Å²) in [6, 6.07) is 15.7. The first-order valence-electron chi connectivity index (χ1n) is 11.9. The molecule has 1 atom stereocenters. The molecular formula is C27H27N5O6. The molecule has 196 valence electrons. The molecule has 0 aliphatic rings. The Morgan fingerprint density at radius 1 is 0.868 bits per heavy atom.